The smallest absolute Gasteiger partial charge is 0.449 e. The molecule has 0 aliphatic heterocycles. The minimum absolute atomic E-state index is 0.314. The van der Waals surface area contributed by atoms with Crippen molar-refractivity contribution in [2.75, 3.05) is 37.7 Å². The molecule has 5 nitrogen and oxygen atoms in total. The third-order valence-corrected chi connectivity index (χ3v) is 5.71. The fourth-order valence-electron chi connectivity index (χ4n) is 2.68. The number of amides is 1. The van der Waals surface area contributed by atoms with Gasteiger partial charge in [-0.05, 0) is 41.8 Å². The van der Waals surface area contributed by atoms with E-state index in [0.29, 0.717) is 31.6 Å². The standard InChI is InChI=1S/C21H30BNO4S/c1-28(2,3)15-14-27-21(24)23(17-19-8-5-4-6-9-19)13-12-18-10-7-11-20(16-18)22(25)26/h4-11,16,25-26H,12-15,17H2,1-3H3. The van der Waals surface area contributed by atoms with Gasteiger partial charge < -0.3 is 19.7 Å². The van der Waals surface area contributed by atoms with Crippen LogP contribution in [0.15, 0.2) is 54.6 Å². The summed E-state index contributed by atoms with van der Waals surface area (Å²) >= 11 is 0. The SMILES string of the molecule is CS(C)(C)CCOC(=O)N(CCc1cccc(B(O)O)c1)Cc1ccccc1. The van der Waals surface area contributed by atoms with Crippen molar-refractivity contribution in [1.82, 2.24) is 4.90 Å². The van der Waals surface area contributed by atoms with Gasteiger partial charge in [-0.15, -0.1) is 0 Å². The van der Waals surface area contributed by atoms with E-state index in [4.69, 9.17) is 4.74 Å². The number of carbonyl (C=O) groups excluding carboxylic acids is 1. The Kier molecular flexibility index (Phi) is 8.42. The molecule has 152 valence electrons. The molecule has 0 radical (unpaired) electrons. The van der Waals surface area contributed by atoms with Crippen LogP contribution in [-0.2, 0) is 17.7 Å². The quantitative estimate of drug-likeness (QED) is 0.630. The lowest BCUT2D eigenvalue weighted by molar-refractivity contribution is 0.106. The molecule has 7 heteroatoms. The molecule has 0 heterocycles. The van der Waals surface area contributed by atoms with Crippen molar-refractivity contribution in [2.45, 2.75) is 13.0 Å². The van der Waals surface area contributed by atoms with Crippen LogP contribution in [-0.4, -0.2) is 65.8 Å². The Morgan fingerprint density at radius 2 is 1.71 bits per heavy atom. The summed E-state index contributed by atoms with van der Waals surface area (Å²) in [5.41, 5.74) is 2.43. The summed E-state index contributed by atoms with van der Waals surface area (Å²) in [7, 11) is -2.21. The predicted molar refractivity (Wildman–Crippen MR) is 118 cm³/mol. The molecule has 0 aliphatic rings. The van der Waals surface area contributed by atoms with Crippen LogP contribution in [0.1, 0.15) is 11.1 Å². The Morgan fingerprint density at radius 1 is 1.04 bits per heavy atom. The summed E-state index contributed by atoms with van der Waals surface area (Å²) in [6, 6.07) is 17.0. The van der Waals surface area contributed by atoms with Crippen molar-refractivity contribution in [3.8, 4) is 0 Å². The van der Waals surface area contributed by atoms with Gasteiger partial charge in [-0.2, -0.15) is 0 Å². The van der Waals surface area contributed by atoms with Crippen molar-refractivity contribution in [1.29, 1.82) is 0 Å². The zero-order chi connectivity index (χ0) is 20.6. The first-order valence-electron chi connectivity index (χ1n) is 9.31. The van der Waals surface area contributed by atoms with Gasteiger partial charge in [0.05, 0.1) is 0 Å². The summed E-state index contributed by atoms with van der Waals surface area (Å²) < 4.78 is 5.53. The molecule has 2 aromatic carbocycles. The third-order valence-electron chi connectivity index (χ3n) is 4.32. The number of ether oxygens (including phenoxy) is 1. The molecule has 0 unspecified atom stereocenters. The molecule has 2 rings (SSSR count). The van der Waals surface area contributed by atoms with E-state index < -0.39 is 17.1 Å². The van der Waals surface area contributed by atoms with Gasteiger partial charge in [0.1, 0.15) is 6.61 Å². The van der Waals surface area contributed by atoms with E-state index in [1.54, 1.807) is 23.1 Å². The number of hydrogen-bond donors (Lipinski definition) is 2. The Morgan fingerprint density at radius 3 is 2.36 bits per heavy atom. The van der Waals surface area contributed by atoms with Crippen molar-refractivity contribution < 1.29 is 19.6 Å². The van der Waals surface area contributed by atoms with Crippen LogP contribution in [0, 0.1) is 0 Å². The molecule has 0 aliphatic carbocycles. The molecule has 0 bridgehead atoms. The molecular weight excluding hydrogens is 373 g/mol. The molecule has 1 amide bonds. The van der Waals surface area contributed by atoms with Gasteiger partial charge in [0.15, 0.2) is 0 Å². The third kappa shape index (κ3) is 7.96. The van der Waals surface area contributed by atoms with E-state index in [1.165, 1.54) is 0 Å². The molecule has 2 aromatic rings. The van der Waals surface area contributed by atoms with Gasteiger partial charge in [0.25, 0.3) is 0 Å². The Labute approximate surface area is 169 Å². The molecule has 0 spiro atoms. The Balaban J connectivity index is 2.03. The fourth-order valence-corrected chi connectivity index (χ4v) is 3.27. The van der Waals surface area contributed by atoms with Gasteiger partial charge in [0.2, 0.25) is 0 Å². The first kappa shape index (κ1) is 22.3. The lowest BCUT2D eigenvalue weighted by atomic mass is 9.79. The summed E-state index contributed by atoms with van der Waals surface area (Å²) in [6.45, 7) is 1.39. The summed E-state index contributed by atoms with van der Waals surface area (Å²) in [4.78, 5) is 14.4. The van der Waals surface area contributed by atoms with Crippen LogP contribution in [0.25, 0.3) is 0 Å². The minimum atomic E-state index is -1.50. The van der Waals surface area contributed by atoms with Crippen LogP contribution < -0.4 is 5.46 Å². The van der Waals surface area contributed by atoms with Crippen LogP contribution >= 0.6 is 10.0 Å². The zero-order valence-electron chi connectivity index (χ0n) is 16.9. The van der Waals surface area contributed by atoms with Gasteiger partial charge in [0, 0.05) is 18.8 Å². The molecule has 0 aromatic heterocycles. The highest BCUT2D eigenvalue weighted by Gasteiger charge is 2.17. The number of rotatable bonds is 9. The van der Waals surface area contributed by atoms with E-state index in [9.17, 15) is 14.8 Å². The lowest BCUT2D eigenvalue weighted by Crippen LogP contribution is -2.34. The minimum Gasteiger partial charge on any atom is -0.449 e. The van der Waals surface area contributed by atoms with Crippen molar-refractivity contribution >= 4 is 28.7 Å². The molecular formula is C21H30BNO4S. The first-order chi connectivity index (χ1) is 13.2. The molecule has 0 fully saturated rings. The molecule has 0 atom stereocenters. The highest BCUT2D eigenvalue weighted by molar-refractivity contribution is 8.32. The van der Waals surface area contributed by atoms with Gasteiger partial charge >= 0.3 is 13.2 Å². The van der Waals surface area contributed by atoms with E-state index in [-0.39, 0.29) is 6.09 Å². The predicted octanol–water partition coefficient (Wildman–Crippen LogP) is 2.24. The number of carbonyl (C=O) groups is 1. The normalized spacial score (nSPS) is 11.8. The topological polar surface area (TPSA) is 70.0 Å². The highest BCUT2D eigenvalue weighted by atomic mass is 32.3. The average molecular weight is 403 g/mol. The van der Waals surface area contributed by atoms with Crippen LogP contribution in [0.2, 0.25) is 0 Å². The Bertz CT molecular complexity index is 750. The zero-order valence-corrected chi connectivity index (χ0v) is 17.7. The summed E-state index contributed by atoms with van der Waals surface area (Å²) in [6.07, 6.45) is 6.89. The summed E-state index contributed by atoms with van der Waals surface area (Å²) in [5, 5.41) is 18.7. The van der Waals surface area contributed by atoms with E-state index in [2.05, 4.69) is 18.8 Å². The monoisotopic (exact) mass is 403 g/mol. The van der Waals surface area contributed by atoms with Gasteiger partial charge in [-0.1, -0.05) is 54.6 Å². The van der Waals surface area contributed by atoms with Crippen LogP contribution in [0.3, 0.4) is 0 Å². The maximum Gasteiger partial charge on any atom is 0.488 e. The number of benzene rings is 2. The molecule has 0 saturated heterocycles. The molecule has 2 N–H and O–H groups in total. The van der Waals surface area contributed by atoms with E-state index in [0.717, 1.165) is 16.9 Å². The second-order valence-corrected chi connectivity index (χ2v) is 12.3. The van der Waals surface area contributed by atoms with Gasteiger partial charge in [-0.3, -0.25) is 0 Å². The maximum atomic E-state index is 12.7. The second kappa shape index (κ2) is 10.6. The van der Waals surface area contributed by atoms with Crippen molar-refractivity contribution in [2.24, 2.45) is 0 Å². The summed E-state index contributed by atoms with van der Waals surface area (Å²) in [5.74, 6) is 0.883. The van der Waals surface area contributed by atoms with E-state index >= 15 is 0 Å². The van der Waals surface area contributed by atoms with Crippen LogP contribution in [0.5, 0.6) is 0 Å². The molecule has 0 saturated carbocycles. The maximum absolute atomic E-state index is 12.7. The first-order valence-corrected chi connectivity index (χ1v) is 12.3. The molecule has 28 heavy (non-hydrogen) atoms. The lowest BCUT2D eigenvalue weighted by Gasteiger charge is -2.26. The number of hydrogen-bond acceptors (Lipinski definition) is 4. The average Bonchev–Trinajstić information content (AvgIpc) is 2.65. The second-order valence-electron chi connectivity index (χ2n) is 7.69. The van der Waals surface area contributed by atoms with Gasteiger partial charge in [-0.25, -0.2) is 14.8 Å². The Hall–Kier alpha value is -1.96. The largest absolute Gasteiger partial charge is 0.488 e. The van der Waals surface area contributed by atoms with Crippen molar-refractivity contribution in [3.05, 3.63) is 65.7 Å². The highest BCUT2D eigenvalue weighted by Crippen LogP contribution is 2.33. The van der Waals surface area contributed by atoms with Crippen molar-refractivity contribution in [3.63, 3.8) is 0 Å². The van der Waals surface area contributed by atoms with E-state index in [1.807, 2.05) is 36.4 Å². The fraction of sp³-hybridized carbons (Fsp3) is 0.381. The van der Waals surface area contributed by atoms with Crippen LogP contribution in [0.4, 0.5) is 4.79 Å². The number of nitrogens with zero attached hydrogens (tertiary/aromatic N) is 1.